The Hall–Kier alpha value is -1.34. The third-order valence-electron chi connectivity index (χ3n) is 6.53. The number of rotatable bonds is 12. The highest BCUT2D eigenvalue weighted by molar-refractivity contribution is 5.40. The molecule has 30 heavy (non-hydrogen) atoms. The second-order valence-electron chi connectivity index (χ2n) is 9.01. The van der Waals surface area contributed by atoms with E-state index in [4.69, 9.17) is 9.47 Å². The predicted octanol–water partition coefficient (Wildman–Crippen LogP) is 2.74. The molecule has 0 spiro atoms. The fourth-order valence-electron chi connectivity index (χ4n) is 4.55. The molecular weight excluding hydrogens is 378 g/mol. The summed E-state index contributed by atoms with van der Waals surface area (Å²) in [4.78, 5) is 4.63. The topological polar surface area (TPSA) is 57.2 Å². The summed E-state index contributed by atoms with van der Waals surface area (Å²) in [6.07, 6.45) is 7.78. The number of aliphatic hydroxyl groups excluding tert-OH is 1. The summed E-state index contributed by atoms with van der Waals surface area (Å²) in [5.41, 5.74) is 1.11. The minimum absolute atomic E-state index is 0.300. The van der Waals surface area contributed by atoms with E-state index in [-0.39, 0.29) is 0 Å². The van der Waals surface area contributed by atoms with Crippen molar-refractivity contribution in [2.24, 2.45) is 5.92 Å². The first-order valence-electron chi connectivity index (χ1n) is 11.7. The van der Waals surface area contributed by atoms with Crippen molar-refractivity contribution in [3.63, 3.8) is 0 Å². The minimum Gasteiger partial charge on any atom is -0.497 e. The van der Waals surface area contributed by atoms with Gasteiger partial charge in [0.25, 0.3) is 0 Å². The zero-order chi connectivity index (χ0) is 21.2. The normalized spacial score (nSPS) is 19.8. The smallest absolute Gasteiger partial charge is 0.127 e. The number of hydrogen-bond acceptors (Lipinski definition) is 6. The first kappa shape index (κ1) is 23.3. The van der Waals surface area contributed by atoms with Crippen LogP contribution >= 0.6 is 0 Å². The van der Waals surface area contributed by atoms with Gasteiger partial charge in [0.15, 0.2) is 0 Å². The zero-order valence-electron chi connectivity index (χ0n) is 18.9. The number of likely N-dealkylation sites (N-methyl/N-ethyl adjacent to an activating group) is 1. The molecule has 1 heterocycles. The van der Waals surface area contributed by atoms with Gasteiger partial charge in [0.1, 0.15) is 24.2 Å². The summed E-state index contributed by atoms with van der Waals surface area (Å²) in [7, 11) is 3.81. The van der Waals surface area contributed by atoms with Crippen molar-refractivity contribution in [1.29, 1.82) is 0 Å². The lowest BCUT2D eigenvalue weighted by atomic mass is 10.0. The molecule has 6 nitrogen and oxygen atoms in total. The van der Waals surface area contributed by atoms with Gasteiger partial charge in [-0.1, -0.05) is 31.7 Å². The molecule has 0 bridgehead atoms. The van der Waals surface area contributed by atoms with Crippen molar-refractivity contribution in [3.8, 4) is 11.5 Å². The van der Waals surface area contributed by atoms with Gasteiger partial charge in [-0.3, -0.25) is 4.90 Å². The van der Waals surface area contributed by atoms with Crippen LogP contribution in [0.3, 0.4) is 0 Å². The summed E-state index contributed by atoms with van der Waals surface area (Å²) in [6.45, 7) is 6.89. The van der Waals surface area contributed by atoms with Gasteiger partial charge in [0.2, 0.25) is 0 Å². The maximum Gasteiger partial charge on any atom is 0.127 e. The molecule has 0 amide bonds. The van der Waals surface area contributed by atoms with Crippen LogP contribution in [-0.4, -0.2) is 81.0 Å². The van der Waals surface area contributed by atoms with E-state index < -0.39 is 6.10 Å². The number of benzene rings is 1. The Balaban J connectivity index is 1.42. The molecule has 3 rings (SSSR count). The Labute approximate surface area is 182 Å². The van der Waals surface area contributed by atoms with Crippen molar-refractivity contribution < 1.29 is 14.6 Å². The standard InChI is InChI=1S/C24H41N3O3/c1-26-12-14-27(15-13-26)18-22(28)19-30-24-16-23(29-2)10-9-21(24)17-25-11-5-8-20-6-3-4-7-20/h9-10,16,20,22,25,28H,3-8,11-15,17-19H2,1-2H3/t22-/m0/s1. The van der Waals surface area contributed by atoms with E-state index in [0.29, 0.717) is 13.2 Å². The molecule has 1 atom stereocenters. The average molecular weight is 420 g/mol. The number of hydrogen-bond donors (Lipinski definition) is 2. The fraction of sp³-hybridized carbons (Fsp3) is 0.750. The summed E-state index contributed by atoms with van der Waals surface area (Å²) in [6, 6.07) is 5.96. The average Bonchev–Trinajstić information content (AvgIpc) is 3.27. The number of aliphatic hydroxyl groups is 1. The van der Waals surface area contributed by atoms with Crippen molar-refractivity contribution in [2.45, 2.75) is 51.2 Å². The molecule has 0 unspecified atom stereocenters. The molecule has 0 radical (unpaired) electrons. The van der Waals surface area contributed by atoms with E-state index in [1.165, 1.54) is 38.5 Å². The predicted molar refractivity (Wildman–Crippen MR) is 121 cm³/mol. The SMILES string of the molecule is COc1ccc(CNCCCC2CCCC2)c(OC[C@@H](O)CN2CCN(C)CC2)c1. The molecular formula is C24H41N3O3. The highest BCUT2D eigenvalue weighted by atomic mass is 16.5. The molecule has 2 fully saturated rings. The van der Waals surface area contributed by atoms with Crippen LogP contribution < -0.4 is 14.8 Å². The molecule has 2 N–H and O–H groups in total. The Bertz CT molecular complexity index is 614. The minimum atomic E-state index is -0.494. The molecule has 2 aliphatic rings. The van der Waals surface area contributed by atoms with Gasteiger partial charge in [-0.25, -0.2) is 0 Å². The van der Waals surface area contributed by atoms with E-state index >= 15 is 0 Å². The number of ether oxygens (including phenoxy) is 2. The van der Waals surface area contributed by atoms with E-state index in [0.717, 1.165) is 62.2 Å². The van der Waals surface area contributed by atoms with Crippen molar-refractivity contribution in [1.82, 2.24) is 15.1 Å². The lowest BCUT2D eigenvalue weighted by Gasteiger charge is -2.33. The summed E-state index contributed by atoms with van der Waals surface area (Å²) >= 11 is 0. The number of nitrogens with zero attached hydrogens (tertiary/aromatic N) is 2. The van der Waals surface area contributed by atoms with Crippen molar-refractivity contribution >= 4 is 0 Å². The van der Waals surface area contributed by atoms with Crippen LogP contribution in [0.15, 0.2) is 18.2 Å². The maximum absolute atomic E-state index is 10.5. The molecule has 170 valence electrons. The number of β-amino-alcohol motifs (C(OH)–C–C–N with tert-alkyl or cyclic N) is 1. The van der Waals surface area contributed by atoms with Gasteiger partial charge in [0.05, 0.1) is 7.11 Å². The second kappa shape index (κ2) is 12.5. The molecule has 1 aromatic rings. The van der Waals surface area contributed by atoms with Gasteiger partial charge < -0.3 is 24.8 Å². The molecule has 6 heteroatoms. The largest absolute Gasteiger partial charge is 0.497 e. The van der Waals surface area contributed by atoms with Crippen LogP contribution in [0.5, 0.6) is 11.5 Å². The zero-order valence-corrected chi connectivity index (χ0v) is 18.9. The van der Waals surface area contributed by atoms with Gasteiger partial charge >= 0.3 is 0 Å². The quantitative estimate of drug-likeness (QED) is 0.508. The van der Waals surface area contributed by atoms with Crippen molar-refractivity contribution in [3.05, 3.63) is 23.8 Å². The van der Waals surface area contributed by atoms with Crippen LogP contribution in [0, 0.1) is 5.92 Å². The molecule has 1 aromatic carbocycles. The third kappa shape index (κ3) is 7.73. The van der Waals surface area contributed by atoms with Gasteiger partial charge in [-0.05, 0) is 38.4 Å². The summed E-state index contributed by atoms with van der Waals surface area (Å²) in [5, 5.41) is 14.0. The summed E-state index contributed by atoms with van der Waals surface area (Å²) < 4.78 is 11.4. The van der Waals surface area contributed by atoms with E-state index in [9.17, 15) is 5.11 Å². The van der Waals surface area contributed by atoms with E-state index in [1.807, 2.05) is 12.1 Å². The Morgan fingerprint density at radius 2 is 1.93 bits per heavy atom. The van der Waals surface area contributed by atoms with Gasteiger partial charge in [-0.2, -0.15) is 0 Å². The van der Waals surface area contributed by atoms with Crippen molar-refractivity contribution in [2.75, 3.05) is 60.0 Å². The second-order valence-corrected chi connectivity index (χ2v) is 9.01. The van der Waals surface area contributed by atoms with Crippen LogP contribution in [0.1, 0.15) is 44.1 Å². The third-order valence-corrected chi connectivity index (χ3v) is 6.53. The van der Waals surface area contributed by atoms with E-state index in [1.54, 1.807) is 7.11 Å². The Morgan fingerprint density at radius 1 is 1.17 bits per heavy atom. The molecule has 0 aromatic heterocycles. The van der Waals surface area contributed by atoms with E-state index in [2.05, 4.69) is 28.2 Å². The number of piperazine rings is 1. The Kier molecular flexibility index (Phi) is 9.72. The number of nitrogens with one attached hydrogen (secondary N) is 1. The van der Waals surface area contributed by atoms with Gasteiger partial charge in [-0.15, -0.1) is 0 Å². The molecule has 1 saturated heterocycles. The van der Waals surface area contributed by atoms with Crippen LogP contribution in [0.2, 0.25) is 0 Å². The summed E-state index contributed by atoms with van der Waals surface area (Å²) in [5.74, 6) is 2.53. The highest BCUT2D eigenvalue weighted by Crippen LogP contribution is 2.28. The Morgan fingerprint density at radius 3 is 2.67 bits per heavy atom. The van der Waals surface area contributed by atoms with Crippen LogP contribution in [0.4, 0.5) is 0 Å². The molecule has 1 aliphatic carbocycles. The molecule has 1 aliphatic heterocycles. The first-order chi connectivity index (χ1) is 14.6. The fourth-order valence-corrected chi connectivity index (χ4v) is 4.55. The first-order valence-corrected chi connectivity index (χ1v) is 11.7. The lowest BCUT2D eigenvalue weighted by molar-refractivity contribution is 0.0501. The van der Waals surface area contributed by atoms with Gasteiger partial charge in [0, 0.05) is 50.9 Å². The molecule has 1 saturated carbocycles. The lowest BCUT2D eigenvalue weighted by Crippen LogP contribution is -2.47. The monoisotopic (exact) mass is 419 g/mol. The van der Waals surface area contributed by atoms with Crippen LogP contribution in [0.25, 0.3) is 0 Å². The van der Waals surface area contributed by atoms with Crippen LogP contribution in [-0.2, 0) is 6.54 Å². The number of methoxy groups -OCH3 is 1. The highest BCUT2D eigenvalue weighted by Gasteiger charge is 2.18. The maximum atomic E-state index is 10.5.